The molecule has 0 bridgehead atoms. The summed E-state index contributed by atoms with van der Waals surface area (Å²) in [5, 5.41) is 0. The Kier molecular flexibility index (Phi) is 4.78. The van der Waals surface area contributed by atoms with Crippen LogP contribution in [0.25, 0.3) is 11.3 Å². The van der Waals surface area contributed by atoms with Crippen molar-refractivity contribution in [1.82, 2.24) is 24.5 Å². The second kappa shape index (κ2) is 7.58. The zero-order valence-electron chi connectivity index (χ0n) is 17.3. The molecule has 1 aliphatic carbocycles. The molecule has 0 amide bonds. The summed E-state index contributed by atoms with van der Waals surface area (Å²) < 4.78 is 2.38. The van der Waals surface area contributed by atoms with Gasteiger partial charge in [-0.15, -0.1) is 0 Å². The summed E-state index contributed by atoms with van der Waals surface area (Å²) in [5.41, 5.74) is 4.06. The minimum absolute atomic E-state index is 0.438. The normalized spacial score (nSPS) is 19.5. The Morgan fingerprint density at radius 1 is 1.00 bits per heavy atom. The number of hydrogen-bond donors (Lipinski definition) is 0. The third kappa shape index (κ3) is 3.88. The van der Waals surface area contributed by atoms with E-state index in [1.165, 1.54) is 25.1 Å². The summed E-state index contributed by atoms with van der Waals surface area (Å²) in [6, 6.07) is 6.13. The molecule has 2 fully saturated rings. The number of aryl methyl sites for hydroxylation is 2. The van der Waals surface area contributed by atoms with Gasteiger partial charge in [0.15, 0.2) is 0 Å². The van der Waals surface area contributed by atoms with Gasteiger partial charge in [-0.25, -0.2) is 15.0 Å². The first-order chi connectivity index (χ1) is 14.2. The monoisotopic (exact) mass is 388 g/mol. The van der Waals surface area contributed by atoms with Crippen LogP contribution in [0.5, 0.6) is 0 Å². The van der Waals surface area contributed by atoms with Crippen molar-refractivity contribution in [3.8, 4) is 11.3 Å². The summed E-state index contributed by atoms with van der Waals surface area (Å²) >= 11 is 0. The van der Waals surface area contributed by atoms with Crippen LogP contribution in [0.3, 0.4) is 0 Å². The van der Waals surface area contributed by atoms with Crippen LogP contribution in [0, 0.1) is 19.8 Å². The molecule has 6 heteroatoms. The van der Waals surface area contributed by atoms with Crippen molar-refractivity contribution in [2.45, 2.75) is 52.0 Å². The van der Waals surface area contributed by atoms with Gasteiger partial charge in [-0.05, 0) is 63.6 Å². The maximum absolute atomic E-state index is 4.90. The Morgan fingerprint density at radius 3 is 2.72 bits per heavy atom. The Hall–Kier alpha value is -2.76. The molecule has 5 rings (SSSR count). The lowest BCUT2D eigenvalue weighted by Crippen LogP contribution is -2.36. The van der Waals surface area contributed by atoms with Crippen LogP contribution < -0.4 is 4.90 Å². The van der Waals surface area contributed by atoms with E-state index in [9.17, 15) is 0 Å². The zero-order chi connectivity index (χ0) is 19.8. The largest absolute Gasteiger partial charge is 0.340 e. The van der Waals surface area contributed by atoms with Gasteiger partial charge in [-0.3, -0.25) is 4.98 Å². The summed E-state index contributed by atoms with van der Waals surface area (Å²) in [6.45, 7) is 7.10. The van der Waals surface area contributed by atoms with Crippen molar-refractivity contribution < 1.29 is 0 Å². The molecule has 29 heavy (non-hydrogen) atoms. The second-order valence-corrected chi connectivity index (χ2v) is 8.49. The van der Waals surface area contributed by atoms with E-state index in [-0.39, 0.29) is 0 Å². The van der Waals surface area contributed by atoms with Crippen LogP contribution in [-0.2, 0) is 6.54 Å². The number of hydrogen-bond acceptors (Lipinski definition) is 5. The van der Waals surface area contributed by atoms with E-state index in [4.69, 9.17) is 9.97 Å². The first kappa shape index (κ1) is 18.3. The van der Waals surface area contributed by atoms with E-state index in [2.05, 4.69) is 31.7 Å². The van der Waals surface area contributed by atoms with Gasteiger partial charge in [0.1, 0.15) is 5.82 Å². The molecular formula is C23H28N6. The number of rotatable bonds is 5. The van der Waals surface area contributed by atoms with Crippen molar-refractivity contribution in [2.24, 2.45) is 5.92 Å². The zero-order valence-corrected chi connectivity index (χ0v) is 17.3. The van der Waals surface area contributed by atoms with Crippen molar-refractivity contribution in [1.29, 1.82) is 0 Å². The molecule has 4 heterocycles. The van der Waals surface area contributed by atoms with Gasteiger partial charge in [0, 0.05) is 61.1 Å². The lowest BCUT2D eigenvalue weighted by molar-refractivity contribution is 0.459. The summed E-state index contributed by atoms with van der Waals surface area (Å²) in [7, 11) is 0. The van der Waals surface area contributed by atoms with Gasteiger partial charge in [0.05, 0.1) is 5.69 Å². The minimum atomic E-state index is 0.438. The first-order valence-corrected chi connectivity index (χ1v) is 10.7. The Labute approximate surface area is 172 Å². The molecule has 0 aromatic carbocycles. The lowest BCUT2D eigenvalue weighted by atomic mass is 9.97. The van der Waals surface area contributed by atoms with Crippen molar-refractivity contribution in [3.63, 3.8) is 0 Å². The average molecular weight is 389 g/mol. The minimum Gasteiger partial charge on any atom is -0.340 e. The predicted molar refractivity (Wildman–Crippen MR) is 114 cm³/mol. The number of pyridine rings is 1. The highest BCUT2D eigenvalue weighted by Crippen LogP contribution is 2.33. The number of aromatic nitrogens is 5. The molecule has 2 aliphatic rings. The Balaban J connectivity index is 1.38. The number of anilines is 1. The van der Waals surface area contributed by atoms with Gasteiger partial charge >= 0.3 is 0 Å². The SMILES string of the molecule is Cc1ccc(-c2ccnc(N3CCCC(c4nccn4CC4CC4)C3)n2)c(C)n1. The number of imidazole rings is 1. The third-order valence-electron chi connectivity index (χ3n) is 6.11. The molecule has 1 saturated heterocycles. The van der Waals surface area contributed by atoms with Crippen LogP contribution >= 0.6 is 0 Å². The van der Waals surface area contributed by atoms with E-state index in [1.54, 1.807) is 0 Å². The molecular weight excluding hydrogens is 360 g/mol. The molecule has 1 unspecified atom stereocenters. The molecule has 3 aromatic rings. The Morgan fingerprint density at radius 2 is 1.90 bits per heavy atom. The van der Waals surface area contributed by atoms with E-state index >= 15 is 0 Å². The fourth-order valence-electron chi connectivity index (χ4n) is 4.39. The molecule has 3 aromatic heterocycles. The molecule has 1 saturated carbocycles. The topological polar surface area (TPSA) is 59.7 Å². The molecule has 1 atom stereocenters. The van der Waals surface area contributed by atoms with Crippen molar-refractivity contribution in [2.75, 3.05) is 18.0 Å². The van der Waals surface area contributed by atoms with Gasteiger partial charge < -0.3 is 9.47 Å². The fraction of sp³-hybridized carbons (Fsp3) is 0.478. The molecule has 6 nitrogen and oxygen atoms in total. The van der Waals surface area contributed by atoms with Crippen molar-refractivity contribution in [3.05, 3.63) is 54.0 Å². The summed E-state index contributed by atoms with van der Waals surface area (Å²) in [6.07, 6.45) is 11.0. The quantitative estimate of drug-likeness (QED) is 0.657. The van der Waals surface area contributed by atoms with Gasteiger partial charge in [0.25, 0.3) is 0 Å². The maximum Gasteiger partial charge on any atom is 0.225 e. The summed E-state index contributed by atoms with van der Waals surface area (Å²) in [4.78, 5) is 21.1. The lowest BCUT2D eigenvalue weighted by Gasteiger charge is -2.32. The van der Waals surface area contributed by atoms with E-state index in [0.717, 1.165) is 60.6 Å². The molecule has 0 N–H and O–H groups in total. The van der Waals surface area contributed by atoms with Crippen LogP contribution in [0.2, 0.25) is 0 Å². The smallest absolute Gasteiger partial charge is 0.225 e. The number of piperidine rings is 1. The van der Waals surface area contributed by atoms with Crippen LogP contribution in [0.15, 0.2) is 36.8 Å². The van der Waals surface area contributed by atoms with E-state index in [0.29, 0.717) is 5.92 Å². The van der Waals surface area contributed by atoms with Crippen molar-refractivity contribution >= 4 is 5.95 Å². The highest BCUT2D eigenvalue weighted by molar-refractivity contribution is 5.62. The second-order valence-electron chi connectivity index (χ2n) is 8.49. The summed E-state index contributed by atoms with van der Waals surface area (Å²) in [5.74, 6) is 3.34. The third-order valence-corrected chi connectivity index (χ3v) is 6.11. The predicted octanol–water partition coefficient (Wildman–Crippen LogP) is 4.15. The van der Waals surface area contributed by atoms with Gasteiger partial charge in [-0.2, -0.15) is 0 Å². The van der Waals surface area contributed by atoms with E-state index in [1.807, 2.05) is 38.4 Å². The number of nitrogens with zero attached hydrogens (tertiary/aromatic N) is 6. The highest BCUT2D eigenvalue weighted by atomic mass is 15.3. The fourth-order valence-corrected chi connectivity index (χ4v) is 4.39. The van der Waals surface area contributed by atoms with Gasteiger partial charge in [-0.1, -0.05) is 0 Å². The Bertz CT molecular complexity index is 1010. The maximum atomic E-state index is 4.90. The van der Waals surface area contributed by atoms with E-state index < -0.39 is 0 Å². The van der Waals surface area contributed by atoms with Crippen LogP contribution in [0.4, 0.5) is 5.95 Å². The molecule has 0 spiro atoms. The van der Waals surface area contributed by atoms with Gasteiger partial charge in [0.2, 0.25) is 5.95 Å². The van der Waals surface area contributed by atoms with Crippen LogP contribution in [-0.4, -0.2) is 37.6 Å². The highest BCUT2D eigenvalue weighted by Gasteiger charge is 2.28. The molecule has 150 valence electrons. The first-order valence-electron chi connectivity index (χ1n) is 10.7. The molecule has 1 aliphatic heterocycles. The average Bonchev–Trinajstić information content (AvgIpc) is 3.43. The standard InChI is InChI=1S/C23H28N6/c1-16-5-8-20(17(2)26-16)21-9-10-25-23(27-21)29-12-3-4-19(15-29)22-24-11-13-28(22)14-18-6-7-18/h5,8-11,13,18-19H,3-4,6-7,12,14-15H2,1-2H3. The molecule has 0 radical (unpaired) electrons. The van der Waals surface area contributed by atoms with Crippen LogP contribution in [0.1, 0.15) is 48.8 Å².